The first kappa shape index (κ1) is 16.9. The summed E-state index contributed by atoms with van der Waals surface area (Å²) in [4.78, 5) is 0.0369. The largest absolute Gasteiger partial charge is 0.392 e. The van der Waals surface area contributed by atoms with E-state index in [1.54, 1.807) is 12.1 Å². The lowest BCUT2D eigenvalue weighted by Gasteiger charge is -2.12. The van der Waals surface area contributed by atoms with Gasteiger partial charge in [-0.1, -0.05) is 6.07 Å². The normalized spacial score (nSPS) is 21.5. The van der Waals surface area contributed by atoms with Crippen LogP contribution in [-0.4, -0.2) is 40.0 Å². The molecule has 1 aromatic rings. The Hall–Kier alpha value is -0.480. The predicted octanol–water partition coefficient (Wildman–Crippen LogP) is 0.654. The third-order valence-corrected chi connectivity index (χ3v) is 7.61. The summed E-state index contributed by atoms with van der Waals surface area (Å²) in [6.07, 6.45) is 0.475. The van der Waals surface area contributed by atoms with Crippen LogP contribution >= 0.6 is 15.9 Å². The van der Waals surface area contributed by atoms with E-state index in [2.05, 4.69) is 20.7 Å². The molecular weight excluding hydrogens is 382 g/mol. The molecule has 118 valence electrons. The minimum Gasteiger partial charge on any atom is -0.392 e. The fraction of sp³-hybridized carbons (Fsp3) is 0.500. The molecule has 1 aliphatic heterocycles. The number of sulfonamides is 1. The van der Waals surface area contributed by atoms with E-state index in [-0.39, 0.29) is 35.5 Å². The number of aliphatic hydroxyl groups excluding tert-OH is 1. The minimum atomic E-state index is -3.75. The second-order valence-corrected chi connectivity index (χ2v) is 9.86. The Morgan fingerprint density at radius 3 is 2.67 bits per heavy atom. The molecule has 1 aliphatic rings. The number of halogens is 1. The van der Waals surface area contributed by atoms with Crippen molar-refractivity contribution in [3.05, 3.63) is 28.2 Å². The summed E-state index contributed by atoms with van der Waals surface area (Å²) >= 11 is 3.17. The molecule has 9 heteroatoms. The van der Waals surface area contributed by atoms with Crippen LogP contribution in [0.5, 0.6) is 0 Å². The van der Waals surface area contributed by atoms with Gasteiger partial charge in [0, 0.05) is 11.0 Å². The molecule has 1 heterocycles. The third kappa shape index (κ3) is 4.26. The molecule has 6 nitrogen and oxygen atoms in total. The zero-order valence-corrected chi connectivity index (χ0v) is 14.3. The van der Waals surface area contributed by atoms with Gasteiger partial charge in [-0.3, -0.25) is 0 Å². The highest BCUT2D eigenvalue weighted by atomic mass is 79.9. The van der Waals surface area contributed by atoms with Gasteiger partial charge >= 0.3 is 0 Å². The summed E-state index contributed by atoms with van der Waals surface area (Å²) in [5, 5.41) is 9.08. The van der Waals surface area contributed by atoms with Crippen LogP contribution in [0.1, 0.15) is 12.0 Å². The summed E-state index contributed by atoms with van der Waals surface area (Å²) in [6, 6.07) is 4.56. The average Bonchev–Trinajstić information content (AvgIpc) is 2.76. The molecule has 1 fully saturated rings. The van der Waals surface area contributed by atoms with Crippen LogP contribution in [0.2, 0.25) is 0 Å². The molecule has 0 aromatic heterocycles. The van der Waals surface area contributed by atoms with Gasteiger partial charge in [-0.05, 0) is 46.0 Å². The van der Waals surface area contributed by atoms with Crippen molar-refractivity contribution in [1.82, 2.24) is 4.72 Å². The van der Waals surface area contributed by atoms with Crippen LogP contribution < -0.4 is 4.72 Å². The highest BCUT2D eigenvalue weighted by molar-refractivity contribution is 9.10. The Balaban J connectivity index is 2.12. The van der Waals surface area contributed by atoms with Crippen molar-refractivity contribution in [3.63, 3.8) is 0 Å². The van der Waals surface area contributed by atoms with Gasteiger partial charge in [-0.2, -0.15) is 0 Å². The van der Waals surface area contributed by atoms with Gasteiger partial charge in [0.15, 0.2) is 9.84 Å². The second-order valence-electron chi connectivity index (χ2n) is 5.04. The van der Waals surface area contributed by atoms with Gasteiger partial charge < -0.3 is 5.11 Å². The van der Waals surface area contributed by atoms with Crippen molar-refractivity contribution in [2.75, 3.05) is 18.1 Å². The molecule has 0 spiro atoms. The van der Waals surface area contributed by atoms with Gasteiger partial charge in [0.25, 0.3) is 0 Å². The zero-order valence-electron chi connectivity index (χ0n) is 11.1. The maximum absolute atomic E-state index is 12.3. The summed E-state index contributed by atoms with van der Waals surface area (Å²) < 4.78 is 50.1. The van der Waals surface area contributed by atoms with Gasteiger partial charge in [0.05, 0.1) is 23.0 Å². The molecular formula is C12H16BrNO5S2. The van der Waals surface area contributed by atoms with Crippen molar-refractivity contribution in [1.29, 1.82) is 0 Å². The lowest BCUT2D eigenvalue weighted by atomic mass is 10.1. The quantitative estimate of drug-likeness (QED) is 0.759. The van der Waals surface area contributed by atoms with Gasteiger partial charge in [0.2, 0.25) is 10.0 Å². The molecule has 2 rings (SSSR count). The molecule has 21 heavy (non-hydrogen) atoms. The SMILES string of the molecule is O=S1(=O)CCC(CNS(=O)(=O)c2cc(CO)ccc2Br)C1. The summed E-state index contributed by atoms with van der Waals surface area (Å²) in [6.45, 7) is -0.159. The van der Waals surface area contributed by atoms with Crippen LogP contribution in [-0.2, 0) is 26.5 Å². The Bertz CT molecular complexity index is 730. The standard InChI is InChI=1S/C12H16BrNO5S2/c13-11-2-1-9(7-15)5-12(11)21(18,19)14-6-10-3-4-20(16,17)8-10/h1-2,5,10,14-15H,3-4,6-8H2. The first-order chi connectivity index (χ1) is 9.73. The van der Waals surface area contributed by atoms with Gasteiger partial charge in [0.1, 0.15) is 0 Å². The maximum atomic E-state index is 12.3. The number of hydrogen-bond acceptors (Lipinski definition) is 5. The van der Waals surface area contributed by atoms with Crippen molar-refractivity contribution in [2.24, 2.45) is 5.92 Å². The van der Waals surface area contributed by atoms with E-state index in [1.165, 1.54) is 6.07 Å². The number of sulfone groups is 1. The first-order valence-corrected chi connectivity index (χ1v) is 10.4. The number of aliphatic hydroxyl groups is 1. The van der Waals surface area contributed by atoms with Crippen LogP contribution in [0.15, 0.2) is 27.6 Å². The molecule has 0 radical (unpaired) electrons. The lowest BCUT2D eigenvalue weighted by Crippen LogP contribution is -2.30. The number of nitrogens with one attached hydrogen (secondary N) is 1. The Labute approximate surface area is 132 Å². The van der Waals surface area contributed by atoms with E-state index >= 15 is 0 Å². The zero-order chi connectivity index (χ0) is 15.7. The molecule has 0 saturated carbocycles. The molecule has 1 unspecified atom stereocenters. The number of hydrogen-bond donors (Lipinski definition) is 2. The van der Waals surface area contributed by atoms with E-state index in [9.17, 15) is 16.8 Å². The summed E-state index contributed by atoms with van der Waals surface area (Å²) in [5.74, 6) is -0.0548. The number of rotatable bonds is 5. The third-order valence-electron chi connectivity index (χ3n) is 3.36. The van der Waals surface area contributed by atoms with Crippen molar-refractivity contribution >= 4 is 35.8 Å². The van der Waals surface area contributed by atoms with Crippen LogP contribution in [0.3, 0.4) is 0 Å². The minimum absolute atomic E-state index is 0.0212. The number of benzene rings is 1. The molecule has 1 atom stereocenters. The average molecular weight is 398 g/mol. The topological polar surface area (TPSA) is 101 Å². The van der Waals surface area contributed by atoms with Gasteiger partial charge in [-0.15, -0.1) is 0 Å². The fourth-order valence-electron chi connectivity index (χ4n) is 2.19. The monoisotopic (exact) mass is 397 g/mol. The summed E-state index contributed by atoms with van der Waals surface area (Å²) in [7, 11) is -6.77. The second kappa shape index (κ2) is 6.33. The molecule has 1 saturated heterocycles. The van der Waals surface area contributed by atoms with E-state index in [1.807, 2.05) is 0 Å². The van der Waals surface area contributed by atoms with E-state index < -0.39 is 19.9 Å². The highest BCUT2D eigenvalue weighted by Crippen LogP contribution is 2.24. The van der Waals surface area contributed by atoms with Crippen molar-refractivity contribution < 1.29 is 21.9 Å². The Kier molecular flexibility index (Phi) is 5.09. The molecule has 1 aromatic carbocycles. The molecule has 0 amide bonds. The van der Waals surface area contributed by atoms with Crippen LogP contribution in [0, 0.1) is 5.92 Å². The summed E-state index contributed by atoms with van der Waals surface area (Å²) in [5.41, 5.74) is 0.488. The van der Waals surface area contributed by atoms with E-state index in [0.29, 0.717) is 16.5 Å². The predicted molar refractivity (Wildman–Crippen MR) is 82.0 cm³/mol. The van der Waals surface area contributed by atoms with Gasteiger partial charge in [-0.25, -0.2) is 21.6 Å². The first-order valence-electron chi connectivity index (χ1n) is 6.33. The lowest BCUT2D eigenvalue weighted by molar-refractivity contribution is 0.281. The van der Waals surface area contributed by atoms with Crippen LogP contribution in [0.4, 0.5) is 0 Å². The molecule has 2 N–H and O–H groups in total. The maximum Gasteiger partial charge on any atom is 0.241 e. The van der Waals surface area contributed by atoms with E-state index in [4.69, 9.17) is 5.11 Å². The molecule has 0 aliphatic carbocycles. The Morgan fingerprint density at radius 1 is 1.38 bits per heavy atom. The smallest absolute Gasteiger partial charge is 0.241 e. The van der Waals surface area contributed by atoms with Crippen molar-refractivity contribution in [3.8, 4) is 0 Å². The van der Waals surface area contributed by atoms with Crippen molar-refractivity contribution in [2.45, 2.75) is 17.9 Å². The molecule has 0 bridgehead atoms. The fourth-order valence-corrected chi connectivity index (χ4v) is 6.18. The Morgan fingerprint density at radius 2 is 2.10 bits per heavy atom. The highest BCUT2D eigenvalue weighted by Gasteiger charge is 2.29. The van der Waals surface area contributed by atoms with Crippen LogP contribution in [0.25, 0.3) is 0 Å². The van der Waals surface area contributed by atoms with E-state index in [0.717, 1.165) is 0 Å².